The molecular formula is C12H12FNO3. The third kappa shape index (κ3) is 1.67. The summed E-state index contributed by atoms with van der Waals surface area (Å²) in [4.78, 5) is 24.2. The maximum Gasteiger partial charge on any atom is 0.329 e. The SMILES string of the molecule is CC1(C(=O)O)CCN1C(=O)c1ccccc1F. The number of carboxylic acid groups (broad SMARTS) is 1. The lowest BCUT2D eigenvalue weighted by Gasteiger charge is -2.47. The van der Waals surface area contributed by atoms with Gasteiger partial charge in [0.2, 0.25) is 0 Å². The van der Waals surface area contributed by atoms with Crippen molar-refractivity contribution in [2.24, 2.45) is 0 Å². The van der Waals surface area contributed by atoms with Gasteiger partial charge in [0, 0.05) is 6.54 Å². The minimum Gasteiger partial charge on any atom is -0.480 e. The predicted molar refractivity (Wildman–Crippen MR) is 58.1 cm³/mol. The number of hydrogen-bond donors (Lipinski definition) is 1. The fourth-order valence-electron chi connectivity index (χ4n) is 1.89. The maximum atomic E-state index is 13.4. The Kier molecular flexibility index (Phi) is 2.61. The average Bonchev–Trinajstić information content (AvgIpc) is 2.26. The second-order valence-electron chi connectivity index (χ2n) is 4.27. The van der Waals surface area contributed by atoms with Crippen molar-refractivity contribution in [3.63, 3.8) is 0 Å². The van der Waals surface area contributed by atoms with Gasteiger partial charge in [-0.3, -0.25) is 4.79 Å². The van der Waals surface area contributed by atoms with Crippen LogP contribution >= 0.6 is 0 Å². The van der Waals surface area contributed by atoms with Crippen LogP contribution in [0.1, 0.15) is 23.7 Å². The van der Waals surface area contributed by atoms with E-state index in [1.165, 1.54) is 30.0 Å². The Labute approximate surface area is 97.7 Å². The van der Waals surface area contributed by atoms with Gasteiger partial charge in [-0.25, -0.2) is 9.18 Å². The summed E-state index contributed by atoms with van der Waals surface area (Å²) < 4.78 is 13.4. The molecule has 2 rings (SSSR count). The van der Waals surface area contributed by atoms with E-state index in [0.717, 1.165) is 0 Å². The van der Waals surface area contributed by atoms with Crippen molar-refractivity contribution in [3.8, 4) is 0 Å². The van der Waals surface area contributed by atoms with Crippen molar-refractivity contribution in [2.75, 3.05) is 6.54 Å². The highest BCUT2D eigenvalue weighted by Gasteiger charge is 2.50. The topological polar surface area (TPSA) is 57.6 Å². The smallest absolute Gasteiger partial charge is 0.329 e. The van der Waals surface area contributed by atoms with Crippen LogP contribution in [-0.4, -0.2) is 34.0 Å². The summed E-state index contributed by atoms with van der Waals surface area (Å²) >= 11 is 0. The first-order valence-corrected chi connectivity index (χ1v) is 5.27. The molecule has 0 radical (unpaired) electrons. The van der Waals surface area contributed by atoms with Crippen LogP contribution in [0, 0.1) is 5.82 Å². The number of aliphatic carboxylic acids is 1. The van der Waals surface area contributed by atoms with Crippen molar-refractivity contribution in [1.82, 2.24) is 4.90 Å². The van der Waals surface area contributed by atoms with Crippen LogP contribution in [0.15, 0.2) is 24.3 Å². The first-order chi connectivity index (χ1) is 7.97. The maximum absolute atomic E-state index is 13.4. The molecule has 1 aromatic carbocycles. The number of nitrogens with zero attached hydrogens (tertiary/aromatic N) is 1. The lowest BCUT2D eigenvalue weighted by Crippen LogP contribution is -2.64. The normalized spacial score (nSPS) is 23.1. The van der Waals surface area contributed by atoms with Gasteiger partial charge in [-0.1, -0.05) is 12.1 Å². The first kappa shape index (κ1) is 11.6. The van der Waals surface area contributed by atoms with Crippen LogP contribution in [0.2, 0.25) is 0 Å². The molecule has 4 nitrogen and oxygen atoms in total. The van der Waals surface area contributed by atoms with Gasteiger partial charge in [-0.05, 0) is 25.5 Å². The van der Waals surface area contributed by atoms with E-state index in [4.69, 9.17) is 5.11 Å². The van der Waals surface area contributed by atoms with Gasteiger partial charge in [0.25, 0.3) is 5.91 Å². The van der Waals surface area contributed by atoms with Gasteiger partial charge in [-0.15, -0.1) is 0 Å². The van der Waals surface area contributed by atoms with Crippen LogP contribution in [0.4, 0.5) is 4.39 Å². The molecule has 0 aromatic heterocycles. The van der Waals surface area contributed by atoms with E-state index in [-0.39, 0.29) is 5.56 Å². The molecule has 1 saturated heterocycles. The largest absolute Gasteiger partial charge is 0.480 e. The highest BCUT2D eigenvalue weighted by atomic mass is 19.1. The minimum atomic E-state index is -1.21. The molecule has 17 heavy (non-hydrogen) atoms. The fourth-order valence-corrected chi connectivity index (χ4v) is 1.89. The molecule has 0 aliphatic carbocycles. The number of halogens is 1. The van der Waals surface area contributed by atoms with Crippen molar-refractivity contribution in [3.05, 3.63) is 35.6 Å². The van der Waals surface area contributed by atoms with E-state index in [2.05, 4.69) is 0 Å². The zero-order chi connectivity index (χ0) is 12.6. The quantitative estimate of drug-likeness (QED) is 0.848. The van der Waals surface area contributed by atoms with E-state index in [1.807, 2.05) is 0 Å². The summed E-state index contributed by atoms with van der Waals surface area (Å²) in [5.41, 5.74) is -1.29. The molecule has 1 unspecified atom stereocenters. The first-order valence-electron chi connectivity index (χ1n) is 5.27. The van der Waals surface area contributed by atoms with Crippen molar-refractivity contribution in [2.45, 2.75) is 18.9 Å². The second-order valence-corrected chi connectivity index (χ2v) is 4.27. The Morgan fingerprint density at radius 2 is 2.06 bits per heavy atom. The average molecular weight is 237 g/mol. The van der Waals surface area contributed by atoms with Crippen LogP contribution in [0.25, 0.3) is 0 Å². The predicted octanol–water partition coefficient (Wildman–Crippen LogP) is 1.51. The lowest BCUT2D eigenvalue weighted by molar-refractivity contribution is -0.155. The highest BCUT2D eigenvalue weighted by Crippen LogP contribution is 2.32. The number of amides is 1. The summed E-state index contributed by atoms with van der Waals surface area (Å²) in [5.74, 6) is -2.26. The lowest BCUT2D eigenvalue weighted by atomic mass is 9.86. The summed E-state index contributed by atoms with van der Waals surface area (Å²) in [5, 5.41) is 9.04. The Bertz CT molecular complexity index is 488. The molecule has 1 aliphatic heterocycles. The van der Waals surface area contributed by atoms with Crippen LogP contribution in [-0.2, 0) is 4.79 Å². The standard InChI is InChI=1S/C12H12FNO3/c1-12(11(16)17)6-7-14(12)10(15)8-4-2-3-5-9(8)13/h2-5H,6-7H2,1H3,(H,16,17). The van der Waals surface area contributed by atoms with Gasteiger partial charge in [0.15, 0.2) is 0 Å². The number of benzene rings is 1. The Morgan fingerprint density at radius 3 is 2.53 bits per heavy atom. The monoisotopic (exact) mass is 237 g/mol. The molecule has 90 valence electrons. The minimum absolute atomic E-state index is 0.0836. The molecular weight excluding hydrogens is 225 g/mol. The number of hydrogen-bond acceptors (Lipinski definition) is 2. The van der Waals surface area contributed by atoms with E-state index in [0.29, 0.717) is 13.0 Å². The van der Waals surface area contributed by atoms with Gasteiger partial charge >= 0.3 is 5.97 Å². The van der Waals surface area contributed by atoms with Crippen LogP contribution in [0.5, 0.6) is 0 Å². The Balaban J connectivity index is 2.29. The Hall–Kier alpha value is -1.91. The van der Waals surface area contributed by atoms with Crippen molar-refractivity contribution >= 4 is 11.9 Å². The van der Waals surface area contributed by atoms with Gasteiger partial charge < -0.3 is 10.0 Å². The molecule has 0 spiro atoms. The summed E-state index contributed by atoms with van der Waals surface area (Å²) in [6, 6.07) is 5.58. The molecule has 1 fully saturated rings. The second kappa shape index (κ2) is 3.84. The van der Waals surface area contributed by atoms with E-state index in [1.54, 1.807) is 6.07 Å². The number of carbonyl (C=O) groups is 2. The molecule has 1 aromatic rings. The number of rotatable bonds is 2. The molecule has 1 aliphatic rings. The molecule has 5 heteroatoms. The van der Waals surface area contributed by atoms with Crippen molar-refractivity contribution < 1.29 is 19.1 Å². The number of carbonyl (C=O) groups excluding carboxylic acids is 1. The fraction of sp³-hybridized carbons (Fsp3) is 0.333. The van der Waals surface area contributed by atoms with Crippen molar-refractivity contribution in [1.29, 1.82) is 0 Å². The summed E-state index contributed by atoms with van der Waals surface area (Å²) in [7, 11) is 0. The number of carboxylic acids is 1. The molecule has 0 bridgehead atoms. The molecule has 1 atom stereocenters. The molecule has 1 amide bonds. The van der Waals surface area contributed by atoms with Gasteiger partial charge in [0.05, 0.1) is 5.56 Å². The third-order valence-electron chi connectivity index (χ3n) is 3.23. The molecule has 1 N–H and O–H groups in total. The van der Waals surface area contributed by atoms with Gasteiger partial charge in [-0.2, -0.15) is 0 Å². The Morgan fingerprint density at radius 1 is 1.41 bits per heavy atom. The zero-order valence-electron chi connectivity index (χ0n) is 9.31. The van der Waals surface area contributed by atoms with Crippen LogP contribution in [0.3, 0.4) is 0 Å². The highest BCUT2D eigenvalue weighted by molar-refractivity contribution is 5.99. The van der Waals surface area contributed by atoms with E-state index >= 15 is 0 Å². The van der Waals surface area contributed by atoms with E-state index in [9.17, 15) is 14.0 Å². The zero-order valence-corrected chi connectivity index (χ0v) is 9.31. The summed E-state index contributed by atoms with van der Waals surface area (Å²) in [6.45, 7) is 1.81. The summed E-state index contributed by atoms with van der Waals surface area (Å²) in [6.07, 6.45) is 0.391. The van der Waals surface area contributed by atoms with Gasteiger partial charge in [0.1, 0.15) is 11.4 Å². The van der Waals surface area contributed by atoms with E-state index < -0.39 is 23.2 Å². The molecule has 0 saturated carbocycles. The number of likely N-dealkylation sites (tertiary alicyclic amines) is 1. The third-order valence-corrected chi connectivity index (χ3v) is 3.23. The van der Waals surface area contributed by atoms with Crippen LogP contribution < -0.4 is 0 Å². The molecule has 1 heterocycles.